The van der Waals surface area contributed by atoms with E-state index >= 15 is 0 Å². The number of anilines is 1. The lowest BCUT2D eigenvalue weighted by molar-refractivity contribution is -0.118. The minimum atomic E-state index is -0.416. The standard InChI is InChI=1S/C28H24ClNO6S/c1-2-34-28(33)25-20-5-3-4-6-23(20)37-27(25)30-24(31)15-35-18-11-12-19-22(13-18)36-14-21(26(19)32)16-7-9-17(29)10-8-16/h7-14H,2-6,15H2,1H3,(H,30,31). The maximum absolute atomic E-state index is 13.0. The molecule has 0 saturated heterocycles. The summed E-state index contributed by atoms with van der Waals surface area (Å²) in [5, 5.41) is 4.30. The summed E-state index contributed by atoms with van der Waals surface area (Å²) in [5.41, 5.74) is 2.73. The lowest BCUT2D eigenvalue weighted by Crippen LogP contribution is -2.21. The molecule has 0 radical (unpaired) electrons. The van der Waals surface area contributed by atoms with Crippen molar-refractivity contribution in [1.82, 2.24) is 0 Å². The van der Waals surface area contributed by atoms with Gasteiger partial charge in [-0.2, -0.15) is 0 Å². The molecule has 2 heterocycles. The molecule has 0 spiro atoms. The highest BCUT2D eigenvalue weighted by Crippen LogP contribution is 2.38. The molecule has 2 aromatic heterocycles. The summed E-state index contributed by atoms with van der Waals surface area (Å²) >= 11 is 7.37. The van der Waals surface area contributed by atoms with Crippen LogP contribution in [0, 0.1) is 0 Å². The van der Waals surface area contributed by atoms with Gasteiger partial charge in [0.15, 0.2) is 12.0 Å². The van der Waals surface area contributed by atoms with Crippen molar-refractivity contribution >= 4 is 50.8 Å². The summed E-state index contributed by atoms with van der Waals surface area (Å²) in [7, 11) is 0. The van der Waals surface area contributed by atoms with Crippen molar-refractivity contribution in [1.29, 1.82) is 0 Å². The van der Waals surface area contributed by atoms with E-state index in [9.17, 15) is 14.4 Å². The van der Waals surface area contributed by atoms with Crippen LogP contribution in [0.15, 0.2) is 57.9 Å². The molecular formula is C28H24ClNO6S. The Morgan fingerprint density at radius 1 is 1.11 bits per heavy atom. The van der Waals surface area contributed by atoms with E-state index in [1.807, 2.05) is 0 Å². The molecule has 1 aliphatic carbocycles. The normalized spacial score (nSPS) is 12.7. The van der Waals surface area contributed by atoms with Crippen LogP contribution in [0.1, 0.15) is 40.6 Å². The van der Waals surface area contributed by atoms with E-state index < -0.39 is 11.9 Å². The topological polar surface area (TPSA) is 94.8 Å². The van der Waals surface area contributed by atoms with Crippen LogP contribution in [-0.4, -0.2) is 25.1 Å². The smallest absolute Gasteiger partial charge is 0.341 e. The van der Waals surface area contributed by atoms with Crippen LogP contribution >= 0.6 is 22.9 Å². The van der Waals surface area contributed by atoms with Gasteiger partial charge in [0.2, 0.25) is 0 Å². The molecule has 1 N–H and O–H groups in total. The molecule has 1 aliphatic rings. The highest BCUT2D eigenvalue weighted by atomic mass is 35.5. The van der Waals surface area contributed by atoms with Crippen LogP contribution in [0.5, 0.6) is 5.75 Å². The minimum Gasteiger partial charge on any atom is -0.484 e. The molecule has 0 atom stereocenters. The molecule has 4 aromatic rings. The maximum atomic E-state index is 13.0. The number of rotatable bonds is 7. The predicted octanol–water partition coefficient (Wildman–Crippen LogP) is 6.25. The number of carbonyl (C=O) groups is 2. The summed E-state index contributed by atoms with van der Waals surface area (Å²) in [6.07, 6.45) is 5.16. The monoisotopic (exact) mass is 537 g/mol. The summed E-state index contributed by atoms with van der Waals surface area (Å²) in [6.45, 7) is 1.75. The van der Waals surface area contributed by atoms with Gasteiger partial charge in [-0.05, 0) is 68.0 Å². The molecule has 2 aromatic carbocycles. The Labute approximate surface area is 222 Å². The number of carbonyl (C=O) groups excluding carboxylic acids is 2. The van der Waals surface area contributed by atoms with E-state index in [-0.39, 0.29) is 18.6 Å². The largest absolute Gasteiger partial charge is 0.484 e. The fourth-order valence-electron chi connectivity index (χ4n) is 4.41. The van der Waals surface area contributed by atoms with Crippen molar-refractivity contribution < 1.29 is 23.5 Å². The summed E-state index contributed by atoms with van der Waals surface area (Å²) < 4.78 is 16.6. The first-order chi connectivity index (χ1) is 17.9. The number of amides is 1. The first kappa shape index (κ1) is 25.0. The van der Waals surface area contributed by atoms with Crippen molar-refractivity contribution in [3.63, 3.8) is 0 Å². The van der Waals surface area contributed by atoms with Gasteiger partial charge in [-0.15, -0.1) is 11.3 Å². The molecule has 0 aliphatic heterocycles. The van der Waals surface area contributed by atoms with Gasteiger partial charge < -0.3 is 19.2 Å². The number of nitrogens with one attached hydrogen (secondary N) is 1. The highest BCUT2D eigenvalue weighted by molar-refractivity contribution is 7.17. The Kier molecular flexibility index (Phi) is 7.30. The van der Waals surface area contributed by atoms with Crippen molar-refractivity contribution in [2.24, 2.45) is 0 Å². The third kappa shape index (κ3) is 5.26. The molecule has 190 valence electrons. The van der Waals surface area contributed by atoms with E-state index in [4.69, 9.17) is 25.5 Å². The van der Waals surface area contributed by atoms with Gasteiger partial charge in [-0.3, -0.25) is 9.59 Å². The Morgan fingerprint density at radius 2 is 1.89 bits per heavy atom. The van der Waals surface area contributed by atoms with Crippen LogP contribution in [0.25, 0.3) is 22.1 Å². The fourth-order valence-corrected chi connectivity index (χ4v) is 5.83. The Hall–Kier alpha value is -3.62. The second-order valence-electron chi connectivity index (χ2n) is 8.62. The number of thiophene rings is 1. The number of hydrogen-bond acceptors (Lipinski definition) is 7. The summed E-state index contributed by atoms with van der Waals surface area (Å²) in [4.78, 5) is 39.4. The zero-order chi connectivity index (χ0) is 25.9. The van der Waals surface area contributed by atoms with E-state index in [1.165, 1.54) is 17.6 Å². The van der Waals surface area contributed by atoms with Crippen molar-refractivity contribution in [3.8, 4) is 16.9 Å². The van der Waals surface area contributed by atoms with Crippen LogP contribution in [-0.2, 0) is 22.4 Å². The number of fused-ring (bicyclic) bond motifs is 2. The molecule has 0 saturated carbocycles. The maximum Gasteiger partial charge on any atom is 0.341 e. The zero-order valence-corrected chi connectivity index (χ0v) is 21.7. The van der Waals surface area contributed by atoms with Crippen LogP contribution in [0.4, 0.5) is 5.00 Å². The van der Waals surface area contributed by atoms with E-state index in [0.717, 1.165) is 36.1 Å². The second-order valence-corrected chi connectivity index (χ2v) is 10.2. The molecular weight excluding hydrogens is 514 g/mol. The molecule has 0 unspecified atom stereocenters. The average molecular weight is 538 g/mol. The SMILES string of the molecule is CCOC(=O)c1c(NC(=O)COc2ccc3c(=O)c(-c4ccc(Cl)cc4)coc3c2)sc2c1CCCC2. The number of esters is 1. The van der Waals surface area contributed by atoms with Gasteiger partial charge in [-0.25, -0.2) is 4.79 Å². The lowest BCUT2D eigenvalue weighted by atomic mass is 9.95. The highest BCUT2D eigenvalue weighted by Gasteiger charge is 2.27. The van der Waals surface area contributed by atoms with E-state index in [2.05, 4.69) is 5.32 Å². The Balaban J connectivity index is 1.30. The van der Waals surface area contributed by atoms with Gasteiger partial charge in [0.25, 0.3) is 5.91 Å². The first-order valence-corrected chi connectivity index (χ1v) is 13.2. The van der Waals surface area contributed by atoms with Gasteiger partial charge in [-0.1, -0.05) is 23.7 Å². The number of ether oxygens (including phenoxy) is 2. The van der Waals surface area contributed by atoms with Gasteiger partial charge in [0.05, 0.1) is 23.1 Å². The number of benzene rings is 2. The molecule has 0 bridgehead atoms. The van der Waals surface area contributed by atoms with Gasteiger partial charge in [0, 0.05) is 16.0 Å². The lowest BCUT2D eigenvalue weighted by Gasteiger charge is -2.12. The minimum absolute atomic E-state index is 0.180. The Morgan fingerprint density at radius 3 is 2.68 bits per heavy atom. The van der Waals surface area contributed by atoms with Crippen LogP contribution in [0.3, 0.4) is 0 Å². The molecule has 37 heavy (non-hydrogen) atoms. The third-order valence-corrected chi connectivity index (χ3v) is 7.63. The molecule has 0 fully saturated rings. The van der Waals surface area contributed by atoms with Crippen molar-refractivity contribution in [2.75, 3.05) is 18.5 Å². The molecule has 1 amide bonds. The molecule has 5 rings (SSSR count). The van der Waals surface area contributed by atoms with Gasteiger partial charge >= 0.3 is 5.97 Å². The number of aryl methyl sites for hydroxylation is 1. The zero-order valence-electron chi connectivity index (χ0n) is 20.1. The fraction of sp³-hybridized carbons (Fsp3) is 0.250. The summed E-state index contributed by atoms with van der Waals surface area (Å²) in [5.74, 6) is -0.439. The number of hydrogen-bond donors (Lipinski definition) is 1. The number of halogens is 1. The second kappa shape index (κ2) is 10.8. The van der Waals surface area contributed by atoms with Crippen molar-refractivity contribution in [2.45, 2.75) is 32.6 Å². The third-order valence-electron chi connectivity index (χ3n) is 6.18. The molecule has 9 heteroatoms. The average Bonchev–Trinajstić information content (AvgIpc) is 3.26. The van der Waals surface area contributed by atoms with Crippen molar-refractivity contribution in [3.05, 3.63) is 80.0 Å². The van der Waals surface area contributed by atoms with Crippen LogP contribution in [0.2, 0.25) is 5.02 Å². The first-order valence-electron chi connectivity index (χ1n) is 12.0. The Bertz CT molecular complexity index is 1540. The summed E-state index contributed by atoms with van der Waals surface area (Å²) in [6, 6.07) is 11.7. The molecule has 7 nitrogen and oxygen atoms in total. The van der Waals surface area contributed by atoms with E-state index in [1.54, 1.807) is 49.4 Å². The van der Waals surface area contributed by atoms with Crippen LogP contribution < -0.4 is 15.5 Å². The quantitative estimate of drug-likeness (QED) is 0.280. The van der Waals surface area contributed by atoms with Gasteiger partial charge in [0.1, 0.15) is 22.6 Å². The van der Waals surface area contributed by atoms with E-state index in [0.29, 0.717) is 43.4 Å². The predicted molar refractivity (Wildman–Crippen MR) is 144 cm³/mol.